The molecule has 1 atom stereocenters. The number of benzene rings is 2. The highest BCUT2D eigenvalue weighted by Gasteiger charge is 2.33. The summed E-state index contributed by atoms with van der Waals surface area (Å²) in [5.74, 6) is -0.307. The maximum atomic E-state index is 13.0. The SMILES string of the molecule is O=C(O)C[C@H]1CCn2c1cc1cc(OCc3ccc(Cl)c(C(F)(F)F)c3)ccc12. The zero-order valence-corrected chi connectivity index (χ0v) is 15.9. The lowest BCUT2D eigenvalue weighted by atomic mass is 10.0. The number of hydrogen-bond donors (Lipinski definition) is 1. The van der Waals surface area contributed by atoms with Crippen LogP contribution in [0, 0.1) is 0 Å². The Morgan fingerprint density at radius 1 is 1.21 bits per heavy atom. The van der Waals surface area contributed by atoms with Gasteiger partial charge in [0.1, 0.15) is 12.4 Å². The van der Waals surface area contributed by atoms with Gasteiger partial charge in [0.2, 0.25) is 0 Å². The van der Waals surface area contributed by atoms with Gasteiger partial charge < -0.3 is 14.4 Å². The van der Waals surface area contributed by atoms with Crippen LogP contribution in [0.3, 0.4) is 0 Å². The largest absolute Gasteiger partial charge is 0.489 e. The molecule has 0 saturated carbocycles. The molecular weight excluding hydrogens is 407 g/mol. The van der Waals surface area contributed by atoms with Crippen LogP contribution < -0.4 is 4.74 Å². The van der Waals surface area contributed by atoms with Crippen LogP contribution in [0.2, 0.25) is 5.02 Å². The van der Waals surface area contributed by atoms with E-state index in [0.29, 0.717) is 11.3 Å². The van der Waals surface area contributed by atoms with E-state index in [9.17, 15) is 18.0 Å². The van der Waals surface area contributed by atoms with Crippen molar-refractivity contribution in [3.8, 4) is 5.75 Å². The van der Waals surface area contributed by atoms with Crippen LogP contribution in [0.4, 0.5) is 13.2 Å². The van der Waals surface area contributed by atoms with Gasteiger partial charge in [0, 0.05) is 29.1 Å². The van der Waals surface area contributed by atoms with Gasteiger partial charge >= 0.3 is 12.1 Å². The summed E-state index contributed by atoms with van der Waals surface area (Å²) in [6, 6.07) is 11.1. The van der Waals surface area contributed by atoms with Crippen LogP contribution >= 0.6 is 11.6 Å². The summed E-state index contributed by atoms with van der Waals surface area (Å²) in [6.45, 7) is 0.739. The predicted molar refractivity (Wildman–Crippen MR) is 102 cm³/mol. The fourth-order valence-electron chi connectivity index (χ4n) is 3.84. The number of carboxylic acids is 1. The molecule has 2 heterocycles. The van der Waals surface area contributed by atoms with Crippen molar-refractivity contribution in [2.75, 3.05) is 0 Å². The molecule has 1 aliphatic rings. The summed E-state index contributed by atoms with van der Waals surface area (Å²) in [6.07, 6.45) is -3.63. The molecule has 1 aliphatic heterocycles. The van der Waals surface area contributed by atoms with Crippen molar-refractivity contribution in [3.05, 3.63) is 64.3 Å². The number of halogens is 4. The van der Waals surface area contributed by atoms with Crippen LogP contribution in [0.1, 0.15) is 35.6 Å². The van der Waals surface area contributed by atoms with Gasteiger partial charge in [-0.15, -0.1) is 0 Å². The highest BCUT2D eigenvalue weighted by molar-refractivity contribution is 6.31. The molecule has 8 heteroatoms. The molecule has 0 bridgehead atoms. The Balaban J connectivity index is 1.54. The summed E-state index contributed by atoms with van der Waals surface area (Å²) in [4.78, 5) is 11.1. The Hall–Kier alpha value is -2.67. The van der Waals surface area contributed by atoms with Gasteiger partial charge in [-0.3, -0.25) is 4.79 Å². The van der Waals surface area contributed by atoms with E-state index in [2.05, 4.69) is 4.57 Å². The average Bonchev–Trinajstić information content (AvgIpc) is 3.19. The number of fused-ring (bicyclic) bond motifs is 3. The minimum absolute atomic E-state index is 0.0147. The zero-order chi connectivity index (χ0) is 20.8. The molecule has 4 nitrogen and oxygen atoms in total. The third-order valence-corrected chi connectivity index (χ3v) is 5.52. The van der Waals surface area contributed by atoms with Gasteiger partial charge in [0.25, 0.3) is 0 Å². The van der Waals surface area contributed by atoms with Gasteiger partial charge in [-0.1, -0.05) is 17.7 Å². The highest BCUT2D eigenvalue weighted by Crippen LogP contribution is 2.38. The summed E-state index contributed by atoms with van der Waals surface area (Å²) in [5.41, 5.74) is 1.46. The van der Waals surface area contributed by atoms with Crippen LogP contribution in [0.25, 0.3) is 10.9 Å². The van der Waals surface area contributed by atoms with E-state index < -0.39 is 17.7 Å². The van der Waals surface area contributed by atoms with E-state index in [1.165, 1.54) is 12.1 Å². The Morgan fingerprint density at radius 2 is 2.00 bits per heavy atom. The number of aliphatic carboxylic acids is 1. The molecule has 0 amide bonds. The molecule has 1 aromatic heterocycles. The van der Waals surface area contributed by atoms with Crippen molar-refractivity contribution in [1.82, 2.24) is 4.57 Å². The van der Waals surface area contributed by atoms with Crippen molar-refractivity contribution in [2.45, 2.75) is 38.1 Å². The van der Waals surface area contributed by atoms with Crippen molar-refractivity contribution < 1.29 is 27.8 Å². The minimum Gasteiger partial charge on any atom is -0.489 e. The number of alkyl halides is 3. The standard InChI is InChI=1S/C21H17ClF3NO3/c22-17-3-1-12(7-16(17)21(23,24)25)11-29-15-2-4-18-14(8-15)9-19-13(10-20(27)28)5-6-26(18)19/h1-4,7-9,13H,5-6,10-11H2,(H,27,28)/t13-/m1/s1. The molecule has 1 N–H and O–H groups in total. The second kappa shape index (κ2) is 7.30. The summed E-state index contributed by atoms with van der Waals surface area (Å²) < 4.78 is 46.8. The van der Waals surface area contributed by atoms with Gasteiger partial charge in [-0.05, 0) is 48.4 Å². The van der Waals surface area contributed by atoms with Crippen molar-refractivity contribution in [2.24, 2.45) is 0 Å². The topological polar surface area (TPSA) is 51.5 Å². The first-order valence-electron chi connectivity index (χ1n) is 9.06. The molecule has 29 heavy (non-hydrogen) atoms. The molecule has 152 valence electrons. The third kappa shape index (κ3) is 3.92. The first kappa shape index (κ1) is 19.6. The molecule has 2 aromatic carbocycles. The quantitative estimate of drug-likeness (QED) is 0.559. The number of nitrogens with zero attached hydrogens (tertiary/aromatic N) is 1. The van der Waals surface area contributed by atoms with E-state index in [0.717, 1.165) is 35.6 Å². The smallest absolute Gasteiger partial charge is 0.417 e. The second-order valence-corrected chi connectivity index (χ2v) is 7.53. The number of ether oxygens (including phenoxy) is 1. The lowest BCUT2D eigenvalue weighted by Gasteiger charge is -2.12. The van der Waals surface area contributed by atoms with E-state index in [4.69, 9.17) is 21.4 Å². The number of carbonyl (C=O) groups is 1. The maximum Gasteiger partial charge on any atom is 0.417 e. The Morgan fingerprint density at radius 3 is 2.72 bits per heavy atom. The molecule has 0 radical (unpaired) electrons. The first-order valence-corrected chi connectivity index (χ1v) is 9.43. The van der Waals surface area contributed by atoms with Crippen molar-refractivity contribution in [3.63, 3.8) is 0 Å². The molecule has 3 aromatic rings. The van der Waals surface area contributed by atoms with Gasteiger partial charge in [-0.25, -0.2) is 0 Å². The zero-order valence-electron chi connectivity index (χ0n) is 15.2. The summed E-state index contributed by atoms with van der Waals surface area (Å²) in [7, 11) is 0. The molecule has 0 fully saturated rings. The minimum atomic E-state index is -4.52. The van der Waals surface area contributed by atoms with E-state index in [-0.39, 0.29) is 24.0 Å². The number of aromatic nitrogens is 1. The number of aryl methyl sites for hydroxylation is 1. The molecule has 0 aliphatic carbocycles. The number of hydrogen-bond acceptors (Lipinski definition) is 2. The second-order valence-electron chi connectivity index (χ2n) is 7.13. The predicted octanol–water partition coefficient (Wildman–Crippen LogP) is 5.85. The van der Waals surface area contributed by atoms with Crippen molar-refractivity contribution >= 4 is 28.5 Å². The lowest BCUT2D eigenvalue weighted by molar-refractivity contribution is -0.138. The third-order valence-electron chi connectivity index (χ3n) is 5.19. The summed E-state index contributed by atoms with van der Waals surface area (Å²) >= 11 is 5.64. The van der Waals surface area contributed by atoms with E-state index in [1.54, 1.807) is 6.07 Å². The Bertz CT molecular complexity index is 1090. The van der Waals surface area contributed by atoms with Gasteiger partial charge in [-0.2, -0.15) is 13.2 Å². The molecule has 0 unspecified atom stereocenters. The van der Waals surface area contributed by atoms with Crippen LogP contribution in [0.5, 0.6) is 5.75 Å². The van der Waals surface area contributed by atoms with Crippen LogP contribution in [-0.2, 0) is 24.1 Å². The highest BCUT2D eigenvalue weighted by atomic mass is 35.5. The fourth-order valence-corrected chi connectivity index (χ4v) is 4.07. The number of rotatable bonds is 5. The average molecular weight is 424 g/mol. The fraction of sp³-hybridized carbons (Fsp3) is 0.286. The lowest BCUT2D eigenvalue weighted by Crippen LogP contribution is -2.07. The monoisotopic (exact) mass is 423 g/mol. The molecule has 0 spiro atoms. The first-order chi connectivity index (χ1) is 13.7. The van der Waals surface area contributed by atoms with Crippen LogP contribution in [0.15, 0.2) is 42.5 Å². The molecular formula is C21H17ClF3NO3. The maximum absolute atomic E-state index is 13.0. The number of carboxylic acid groups (broad SMARTS) is 1. The molecule has 0 saturated heterocycles. The van der Waals surface area contributed by atoms with Gasteiger partial charge in [0.05, 0.1) is 17.0 Å². The normalized spacial score (nSPS) is 16.2. The Labute approximate surface area is 169 Å². The van der Waals surface area contributed by atoms with E-state index in [1.807, 2.05) is 18.2 Å². The molecule has 4 rings (SSSR count). The summed E-state index contributed by atoms with van der Waals surface area (Å²) in [5, 5.41) is 9.65. The van der Waals surface area contributed by atoms with Gasteiger partial charge in [0.15, 0.2) is 0 Å². The van der Waals surface area contributed by atoms with Crippen LogP contribution in [-0.4, -0.2) is 15.6 Å². The Kier molecular flexibility index (Phi) is 4.94. The van der Waals surface area contributed by atoms with E-state index >= 15 is 0 Å². The van der Waals surface area contributed by atoms with Crippen molar-refractivity contribution in [1.29, 1.82) is 0 Å².